The fourth-order valence-corrected chi connectivity index (χ4v) is 1.06. The molecule has 0 saturated carbocycles. The Hall–Kier alpha value is -1.91. The maximum Gasteiger partial charge on any atom is 0.292 e. The quantitative estimate of drug-likeness (QED) is 0.681. The van der Waals surface area contributed by atoms with Crippen LogP contribution < -0.4 is 10.3 Å². The highest BCUT2D eigenvalue weighted by atomic mass is 16.5. The summed E-state index contributed by atoms with van der Waals surface area (Å²) < 4.78 is 4.84. The molecule has 0 aliphatic carbocycles. The van der Waals surface area contributed by atoms with Gasteiger partial charge in [-0.2, -0.15) is 0 Å². The zero-order chi connectivity index (χ0) is 9.26. The summed E-state index contributed by atoms with van der Waals surface area (Å²) in [5.74, 6) is 0.244. The molecule has 0 aromatic carbocycles. The van der Waals surface area contributed by atoms with E-state index in [9.17, 15) is 4.79 Å². The van der Waals surface area contributed by atoms with E-state index < -0.39 is 0 Å². The summed E-state index contributed by atoms with van der Waals surface area (Å²) in [6.07, 6.45) is 3.07. The van der Waals surface area contributed by atoms with Gasteiger partial charge in [-0.3, -0.25) is 9.78 Å². The molecule has 0 fully saturated rings. The third kappa shape index (κ3) is 1.24. The minimum atomic E-state index is -0.296. The molecular formula is C8H7N3O2. The number of aromatic nitrogens is 3. The van der Waals surface area contributed by atoms with Crippen LogP contribution in [0.2, 0.25) is 0 Å². The predicted octanol–water partition coefficient (Wildman–Crippen LogP) is 0.327. The van der Waals surface area contributed by atoms with Gasteiger partial charge in [-0.05, 0) is 0 Å². The van der Waals surface area contributed by atoms with Crippen LogP contribution in [0.5, 0.6) is 5.75 Å². The lowest BCUT2D eigenvalue weighted by molar-refractivity contribution is 0.409. The molecule has 0 aliphatic heterocycles. The van der Waals surface area contributed by atoms with E-state index in [4.69, 9.17) is 4.74 Å². The van der Waals surface area contributed by atoms with E-state index in [1.165, 1.54) is 13.3 Å². The molecule has 0 saturated heterocycles. The van der Waals surface area contributed by atoms with Crippen LogP contribution in [-0.2, 0) is 0 Å². The average molecular weight is 177 g/mol. The van der Waals surface area contributed by atoms with Gasteiger partial charge in [-0.1, -0.05) is 0 Å². The number of ether oxygens (including phenoxy) is 1. The van der Waals surface area contributed by atoms with Gasteiger partial charge >= 0.3 is 0 Å². The van der Waals surface area contributed by atoms with E-state index in [0.29, 0.717) is 11.2 Å². The van der Waals surface area contributed by atoms with Crippen LogP contribution in [0.25, 0.3) is 11.2 Å². The maximum absolute atomic E-state index is 11.2. The van der Waals surface area contributed by atoms with Crippen molar-refractivity contribution in [3.63, 3.8) is 0 Å². The topological polar surface area (TPSA) is 67.9 Å². The minimum absolute atomic E-state index is 0.244. The van der Waals surface area contributed by atoms with E-state index in [0.717, 1.165) is 0 Å². The number of nitrogens with one attached hydrogen (secondary N) is 1. The summed E-state index contributed by atoms with van der Waals surface area (Å²) in [6.45, 7) is 0. The zero-order valence-corrected chi connectivity index (χ0v) is 6.94. The van der Waals surface area contributed by atoms with Crippen molar-refractivity contribution in [1.29, 1.82) is 0 Å². The molecule has 0 atom stereocenters. The molecule has 0 bridgehead atoms. The summed E-state index contributed by atoms with van der Waals surface area (Å²) in [7, 11) is 1.44. The van der Waals surface area contributed by atoms with Crippen molar-refractivity contribution in [2.75, 3.05) is 7.11 Å². The second-order valence-corrected chi connectivity index (χ2v) is 2.46. The fourth-order valence-electron chi connectivity index (χ4n) is 1.06. The van der Waals surface area contributed by atoms with Crippen LogP contribution >= 0.6 is 0 Å². The molecule has 0 aliphatic rings. The Morgan fingerprint density at radius 1 is 1.38 bits per heavy atom. The molecule has 2 heterocycles. The zero-order valence-electron chi connectivity index (χ0n) is 6.94. The number of rotatable bonds is 1. The Morgan fingerprint density at radius 3 is 2.92 bits per heavy atom. The van der Waals surface area contributed by atoms with Crippen LogP contribution in [0.3, 0.4) is 0 Å². The summed E-state index contributed by atoms with van der Waals surface area (Å²) in [4.78, 5) is 21.7. The Balaban J connectivity index is 2.81. The predicted molar refractivity (Wildman–Crippen MR) is 46.7 cm³/mol. The normalized spacial score (nSPS) is 10.2. The van der Waals surface area contributed by atoms with Gasteiger partial charge in [0.1, 0.15) is 5.52 Å². The van der Waals surface area contributed by atoms with Crippen molar-refractivity contribution in [1.82, 2.24) is 15.0 Å². The maximum atomic E-state index is 11.2. The first-order chi connectivity index (χ1) is 6.31. The van der Waals surface area contributed by atoms with Crippen molar-refractivity contribution in [2.24, 2.45) is 0 Å². The van der Waals surface area contributed by atoms with Gasteiger partial charge in [0.2, 0.25) is 0 Å². The lowest BCUT2D eigenvalue weighted by atomic mass is 10.4. The van der Waals surface area contributed by atoms with Crippen LogP contribution in [-0.4, -0.2) is 22.1 Å². The molecule has 0 unspecified atom stereocenters. The average Bonchev–Trinajstić information content (AvgIpc) is 2.17. The van der Waals surface area contributed by atoms with Gasteiger partial charge in [-0.25, -0.2) is 4.98 Å². The SMILES string of the molecule is COc1cc2nccnc2[nH]c1=O. The van der Waals surface area contributed by atoms with Crippen molar-refractivity contribution in [3.8, 4) is 5.75 Å². The smallest absolute Gasteiger partial charge is 0.292 e. The molecule has 2 aromatic heterocycles. The Kier molecular flexibility index (Phi) is 1.70. The highest BCUT2D eigenvalue weighted by Crippen LogP contribution is 2.08. The number of pyridine rings is 1. The molecule has 66 valence electrons. The monoisotopic (exact) mass is 177 g/mol. The summed E-state index contributed by atoms with van der Waals surface area (Å²) in [5, 5.41) is 0. The second-order valence-electron chi connectivity index (χ2n) is 2.46. The largest absolute Gasteiger partial charge is 0.491 e. The van der Waals surface area contributed by atoms with Gasteiger partial charge in [0.25, 0.3) is 5.56 Å². The number of H-pyrrole nitrogens is 1. The molecule has 0 spiro atoms. The lowest BCUT2D eigenvalue weighted by Gasteiger charge is -1.99. The molecule has 5 nitrogen and oxygen atoms in total. The van der Waals surface area contributed by atoms with Gasteiger partial charge in [-0.15, -0.1) is 0 Å². The number of hydrogen-bond donors (Lipinski definition) is 1. The van der Waals surface area contributed by atoms with Crippen molar-refractivity contribution in [2.45, 2.75) is 0 Å². The first kappa shape index (κ1) is 7.72. The van der Waals surface area contributed by atoms with Crippen molar-refractivity contribution < 1.29 is 4.74 Å². The molecular weight excluding hydrogens is 170 g/mol. The third-order valence-electron chi connectivity index (χ3n) is 1.67. The third-order valence-corrected chi connectivity index (χ3v) is 1.67. The van der Waals surface area contributed by atoms with Gasteiger partial charge in [0.15, 0.2) is 11.4 Å². The molecule has 2 aromatic rings. The molecule has 13 heavy (non-hydrogen) atoms. The number of methoxy groups -OCH3 is 1. The minimum Gasteiger partial charge on any atom is -0.491 e. The molecule has 5 heteroatoms. The van der Waals surface area contributed by atoms with E-state index in [2.05, 4.69) is 15.0 Å². The van der Waals surface area contributed by atoms with Crippen LogP contribution in [0.1, 0.15) is 0 Å². The first-order valence-corrected chi connectivity index (χ1v) is 3.69. The number of hydrogen-bond acceptors (Lipinski definition) is 4. The van der Waals surface area contributed by atoms with Crippen molar-refractivity contribution >= 4 is 11.2 Å². The van der Waals surface area contributed by atoms with Gasteiger partial charge in [0, 0.05) is 18.5 Å². The number of aromatic amines is 1. The Morgan fingerprint density at radius 2 is 2.15 bits per heavy atom. The highest BCUT2D eigenvalue weighted by molar-refractivity contribution is 5.70. The lowest BCUT2D eigenvalue weighted by Crippen LogP contribution is -2.09. The summed E-state index contributed by atoms with van der Waals surface area (Å²) >= 11 is 0. The van der Waals surface area contributed by atoms with Gasteiger partial charge in [0.05, 0.1) is 7.11 Å². The molecule has 1 N–H and O–H groups in total. The number of fused-ring (bicyclic) bond motifs is 1. The van der Waals surface area contributed by atoms with Gasteiger partial charge < -0.3 is 9.72 Å². The summed E-state index contributed by atoms with van der Waals surface area (Å²) in [6, 6.07) is 1.56. The van der Waals surface area contributed by atoms with Crippen LogP contribution in [0.15, 0.2) is 23.3 Å². The van der Waals surface area contributed by atoms with E-state index in [1.807, 2.05) is 0 Å². The first-order valence-electron chi connectivity index (χ1n) is 3.69. The Bertz CT molecular complexity index is 492. The highest BCUT2D eigenvalue weighted by Gasteiger charge is 2.02. The van der Waals surface area contributed by atoms with Crippen LogP contribution in [0, 0.1) is 0 Å². The van der Waals surface area contributed by atoms with Crippen LogP contribution in [0.4, 0.5) is 0 Å². The second kappa shape index (κ2) is 2.85. The molecule has 2 rings (SSSR count). The van der Waals surface area contributed by atoms with E-state index >= 15 is 0 Å². The Labute approximate surface area is 73.4 Å². The van der Waals surface area contributed by atoms with Crippen molar-refractivity contribution in [3.05, 3.63) is 28.8 Å². The van der Waals surface area contributed by atoms with E-state index in [1.54, 1.807) is 12.3 Å². The van der Waals surface area contributed by atoms with E-state index in [-0.39, 0.29) is 11.3 Å². The number of nitrogens with zero attached hydrogens (tertiary/aromatic N) is 2. The standard InChI is InChI=1S/C8H7N3O2/c1-13-6-4-5-7(11-8(6)12)10-3-2-9-5/h2-4H,1H3,(H,10,11,12). The molecule has 0 amide bonds. The summed E-state index contributed by atoms with van der Waals surface area (Å²) in [5.41, 5.74) is 0.780. The fraction of sp³-hybridized carbons (Fsp3) is 0.125. The molecule has 0 radical (unpaired) electrons.